The van der Waals surface area contributed by atoms with Crippen LogP contribution in [0.5, 0.6) is 0 Å². The Morgan fingerprint density at radius 2 is 0.806 bits per heavy atom. The second-order valence-electron chi connectivity index (χ2n) is 15.6. The van der Waals surface area contributed by atoms with Crippen molar-refractivity contribution in [2.24, 2.45) is 0 Å². The van der Waals surface area contributed by atoms with E-state index in [0.29, 0.717) is 23.4 Å². The number of benzene rings is 8. The van der Waals surface area contributed by atoms with E-state index in [9.17, 15) is 0 Å². The van der Waals surface area contributed by atoms with Gasteiger partial charge in [-0.1, -0.05) is 146 Å². The first-order chi connectivity index (χ1) is 30.8. The van der Waals surface area contributed by atoms with Crippen LogP contribution in [0.3, 0.4) is 0 Å². The van der Waals surface area contributed by atoms with Crippen molar-refractivity contribution in [3.63, 3.8) is 0 Å². The van der Waals surface area contributed by atoms with Gasteiger partial charge in [0.15, 0.2) is 17.3 Å². The molecule has 0 unspecified atom stereocenters. The Kier molecular flexibility index (Phi) is 7.43. The lowest BCUT2D eigenvalue weighted by Crippen LogP contribution is -2.07. The summed E-state index contributed by atoms with van der Waals surface area (Å²) in [5.41, 5.74) is 13.4. The molecule has 8 aromatic carbocycles. The lowest BCUT2D eigenvalue weighted by Gasteiger charge is -2.10. The SMILES string of the molecule is c1ccc(-c2nc(-c3ccccc3)nc(-n3c4ccc(-c5ccc6c(c5)c5ccccc5n6-c5ccccc5)cc4n4c5c6ccccc6n(-c6ccccc6)c5nc34)n2)cc1. The second-order valence-corrected chi connectivity index (χ2v) is 15.6. The quantitative estimate of drug-likeness (QED) is 0.168. The van der Waals surface area contributed by atoms with Crippen LogP contribution < -0.4 is 0 Å². The van der Waals surface area contributed by atoms with Crippen LogP contribution >= 0.6 is 0 Å². The molecule has 13 aromatic rings. The van der Waals surface area contributed by atoms with E-state index in [2.05, 4.69) is 158 Å². The minimum Gasteiger partial charge on any atom is -0.309 e. The summed E-state index contributed by atoms with van der Waals surface area (Å²) in [5, 5.41) is 3.52. The Balaban J connectivity index is 1.11. The predicted octanol–water partition coefficient (Wildman–Crippen LogP) is 12.7. The topological polar surface area (TPSA) is 70.8 Å². The molecule has 0 fully saturated rings. The van der Waals surface area contributed by atoms with E-state index in [0.717, 1.165) is 66.7 Å². The summed E-state index contributed by atoms with van der Waals surface area (Å²) in [6.07, 6.45) is 0. The molecule has 8 nitrogen and oxygen atoms in total. The van der Waals surface area contributed by atoms with Gasteiger partial charge in [-0.2, -0.15) is 15.0 Å². The highest BCUT2D eigenvalue weighted by atomic mass is 15.3. The van der Waals surface area contributed by atoms with Crippen molar-refractivity contribution in [3.8, 4) is 51.2 Å². The molecule has 0 saturated carbocycles. The van der Waals surface area contributed by atoms with Gasteiger partial charge in [0.25, 0.3) is 0 Å². The first-order valence-corrected chi connectivity index (χ1v) is 20.7. The van der Waals surface area contributed by atoms with Gasteiger partial charge in [-0.25, -0.2) is 9.55 Å². The van der Waals surface area contributed by atoms with E-state index in [-0.39, 0.29) is 0 Å². The molecular weight excluding hydrogens is 761 g/mol. The van der Waals surface area contributed by atoms with Crippen LogP contribution in [0.1, 0.15) is 0 Å². The van der Waals surface area contributed by atoms with Gasteiger partial charge in [0.05, 0.1) is 27.6 Å². The summed E-state index contributed by atoms with van der Waals surface area (Å²) in [5.74, 6) is 2.38. The summed E-state index contributed by atoms with van der Waals surface area (Å²) < 4.78 is 9.00. The number of aromatic nitrogens is 8. The third-order valence-corrected chi connectivity index (χ3v) is 12.0. The molecule has 13 rings (SSSR count). The Morgan fingerprint density at radius 3 is 1.45 bits per heavy atom. The zero-order valence-electron chi connectivity index (χ0n) is 33.2. The molecule has 62 heavy (non-hydrogen) atoms. The number of para-hydroxylation sites is 4. The molecule has 0 bridgehead atoms. The molecular formula is C54H34N8. The molecule has 0 radical (unpaired) electrons. The Morgan fingerprint density at radius 1 is 0.306 bits per heavy atom. The fourth-order valence-electron chi connectivity index (χ4n) is 9.28. The van der Waals surface area contributed by atoms with Gasteiger partial charge in [-0.3, -0.25) is 8.97 Å². The summed E-state index contributed by atoms with van der Waals surface area (Å²) >= 11 is 0. The maximum atomic E-state index is 5.54. The largest absolute Gasteiger partial charge is 0.309 e. The number of hydrogen-bond donors (Lipinski definition) is 0. The number of hydrogen-bond acceptors (Lipinski definition) is 4. The zero-order valence-corrected chi connectivity index (χ0v) is 33.2. The van der Waals surface area contributed by atoms with Crippen LogP contribution in [-0.2, 0) is 0 Å². The average Bonchev–Trinajstić information content (AvgIpc) is 4.07. The molecule has 290 valence electrons. The number of rotatable bonds is 6. The van der Waals surface area contributed by atoms with Crippen LogP contribution in [0.15, 0.2) is 206 Å². The van der Waals surface area contributed by atoms with Crippen molar-refractivity contribution in [3.05, 3.63) is 206 Å². The lowest BCUT2D eigenvalue weighted by atomic mass is 10.0. The van der Waals surface area contributed by atoms with E-state index < -0.39 is 0 Å². The number of fused-ring (bicyclic) bond motifs is 10. The number of nitrogens with zero attached hydrogens (tertiary/aromatic N) is 8. The van der Waals surface area contributed by atoms with Crippen LogP contribution in [0.4, 0.5) is 0 Å². The summed E-state index contributed by atoms with van der Waals surface area (Å²) in [6, 6.07) is 72.0. The maximum Gasteiger partial charge on any atom is 0.241 e. The van der Waals surface area contributed by atoms with Gasteiger partial charge >= 0.3 is 0 Å². The molecule has 5 heterocycles. The molecule has 0 aliphatic carbocycles. The van der Waals surface area contributed by atoms with E-state index in [1.165, 1.54) is 21.8 Å². The van der Waals surface area contributed by atoms with Crippen LogP contribution in [0.25, 0.3) is 112 Å². The number of imidazole rings is 2. The molecule has 8 heteroatoms. The summed E-state index contributed by atoms with van der Waals surface area (Å²) in [6.45, 7) is 0. The minimum atomic E-state index is 0.490. The third kappa shape index (κ3) is 5.13. The van der Waals surface area contributed by atoms with Crippen LogP contribution in [0.2, 0.25) is 0 Å². The van der Waals surface area contributed by atoms with E-state index in [1.807, 2.05) is 66.7 Å². The maximum absolute atomic E-state index is 5.54. The fourth-order valence-corrected chi connectivity index (χ4v) is 9.28. The third-order valence-electron chi connectivity index (χ3n) is 12.0. The van der Waals surface area contributed by atoms with Crippen molar-refractivity contribution in [1.82, 2.24) is 38.0 Å². The molecule has 0 N–H and O–H groups in total. The molecule has 0 amide bonds. The van der Waals surface area contributed by atoms with Gasteiger partial charge in [0.1, 0.15) is 5.52 Å². The molecule has 0 atom stereocenters. The second kappa shape index (κ2) is 13.5. The molecule has 0 aliphatic heterocycles. The van der Waals surface area contributed by atoms with Crippen molar-refractivity contribution in [2.75, 3.05) is 0 Å². The lowest BCUT2D eigenvalue weighted by molar-refractivity contribution is 0.936. The van der Waals surface area contributed by atoms with Crippen LogP contribution in [0, 0.1) is 0 Å². The van der Waals surface area contributed by atoms with Crippen LogP contribution in [-0.4, -0.2) is 38.0 Å². The first kappa shape index (κ1) is 34.3. The van der Waals surface area contributed by atoms with Gasteiger partial charge in [-0.05, 0) is 71.8 Å². The summed E-state index contributed by atoms with van der Waals surface area (Å²) in [4.78, 5) is 21.0. The Bertz CT molecular complexity index is 3790. The van der Waals surface area contributed by atoms with E-state index in [4.69, 9.17) is 19.9 Å². The van der Waals surface area contributed by atoms with Crippen molar-refractivity contribution < 1.29 is 0 Å². The molecule has 0 spiro atoms. The highest BCUT2D eigenvalue weighted by Gasteiger charge is 2.26. The normalized spacial score (nSPS) is 11.9. The van der Waals surface area contributed by atoms with Crippen molar-refractivity contribution >= 4 is 60.7 Å². The van der Waals surface area contributed by atoms with Crippen molar-refractivity contribution in [2.45, 2.75) is 0 Å². The molecule has 0 saturated heterocycles. The Labute approximate surface area is 354 Å². The van der Waals surface area contributed by atoms with E-state index >= 15 is 0 Å². The smallest absolute Gasteiger partial charge is 0.241 e. The molecule has 5 aromatic heterocycles. The summed E-state index contributed by atoms with van der Waals surface area (Å²) in [7, 11) is 0. The highest BCUT2D eigenvalue weighted by molar-refractivity contribution is 6.12. The highest BCUT2D eigenvalue weighted by Crippen LogP contribution is 2.40. The van der Waals surface area contributed by atoms with Gasteiger partial charge in [0.2, 0.25) is 11.7 Å². The average molecular weight is 795 g/mol. The van der Waals surface area contributed by atoms with E-state index in [1.54, 1.807) is 0 Å². The minimum absolute atomic E-state index is 0.490. The van der Waals surface area contributed by atoms with Gasteiger partial charge in [0, 0.05) is 38.7 Å². The first-order valence-electron chi connectivity index (χ1n) is 20.7. The Hall–Kier alpha value is -8.62. The zero-order chi connectivity index (χ0) is 40.7. The monoisotopic (exact) mass is 794 g/mol. The predicted molar refractivity (Wildman–Crippen MR) is 250 cm³/mol. The van der Waals surface area contributed by atoms with Crippen molar-refractivity contribution in [1.29, 1.82) is 0 Å². The fraction of sp³-hybridized carbons (Fsp3) is 0. The van der Waals surface area contributed by atoms with Gasteiger partial charge in [-0.15, -0.1) is 0 Å². The van der Waals surface area contributed by atoms with Gasteiger partial charge < -0.3 is 4.57 Å². The standard InChI is InChI=1S/C54H34N8/c1-5-17-35(18-6-1)50-55-51(36-19-7-2-8-20-36)57-53(56-50)62-47-32-30-38(37-29-31-46-43(33-37)41-25-13-15-27-44(41)59(46)39-21-9-3-10-22-39)34-48(47)61-49-42-26-14-16-28-45(42)60(52(49)58-54(61)62)40-23-11-4-12-24-40/h1-34H. The molecule has 0 aliphatic rings.